The first-order valence-electron chi connectivity index (χ1n) is 7.00. The minimum Gasteiger partial charge on any atom is -0.310 e. The molecular formula is C17H17Cl2N. The largest absolute Gasteiger partial charge is 0.310 e. The first kappa shape index (κ1) is 13.9. The summed E-state index contributed by atoms with van der Waals surface area (Å²) < 4.78 is 0. The smallest absolute Gasteiger partial charge is 0.0426 e. The fourth-order valence-corrected chi connectivity index (χ4v) is 3.50. The molecule has 1 atom stereocenters. The lowest BCUT2D eigenvalue weighted by Gasteiger charge is -2.13. The first-order valence-corrected chi connectivity index (χ1v) is 7.75. The van der Waals surface area contributed by atoms with E-state index in [2.05, 4.69) is 30.4 Å². The SMILES string of the molecule is CCNC1CCc2cc(-c3cc(Cl)cc(Cl)c3)ccc21. The Balaban J connectivity index is 1.97. The van der Waals surface area contributed by atoms with E-state index in [0.29, 0.717) is 16.1 Å². The number of hydrogen-bond acceptors (Lipinski definition) is 1. The quantitative estimate of drug-likeness (QED) is 0.816. The highest BCUT2D eigenvalue weighted by molar-refractivity contribution is 6.35. The summed E-state index contributed by atoms with van der Waals surface area (Å²) in [6.07, 6.45) is 2.32. The predicted molar refractivity (Wildman–Crippen MR) is 86.6 cm³/mol. The lowest BCUT2D eigenvalue weighted by Crippen LogP contribution is -2.18. The summed E-state index contributed by atoms with van der Waals surface area (Å²) in [5.74, 6) is 0. The Kier molecular flexibility index (Phi) is 4.02. The van der Waals surface area contributed by atoms with Gasteiger partial charge in [0.1, 0.15) is 0 Å². The molecule has 3 rings (SSSR count). The Hall–Kier alpha value is -1.02. The van der Waals surface area contributed by atoms with Crippen LogP contribution in [0, 0.1) is 0 Å². The van der Waals surface area contributed by atoms with Crippen molar-refractivity contribution in [3.8, 4) is 11.1 Å². The van der Waals surface area contributed by atoms with Crippen molar-refractivity contribution in [1.82, 2.24) is 5.32 Å². The van der Waals surface area contributed by atoms with Crippen LogP contribution in [0.15, 0.2) is 36.4 Å². The zero-order valence-corrected chi connectivity index (χ0v) is 12.9. The zero-order valence-electron chi connectivity index (χ0n) is 11.4. The molecule has 20 heavy (non-hydrogen) atoms. The molecule has 0 bridgehead atoms. The summed E-state index contributed by atoms with van der Waals surface area (Å²) in [6.45, 7) is 3.16. The van der Waals surface area contributed by atoms with Crippen molar-refractivity contribution in [2.75, 3.05) is 6.54 Å². The minimum absolute atomic E-state index is 0.506. The number of nitrogens with one attached hydrogen (secondary N) is 1. The van der Waals surface area contributed by atoms with Crippen LogP contribution in [0.2, 0.25) is 10.0 Å². The van der Waals surface area contributed by atoms with Gasteiger partial charge in [0, 0.05) is 16.1 Å². The molecule has 0 aliphatic heterocycles. The van der Waals surface area contributed by atoms with Crippen molar-refractivity contribution in [2.24, 2.45) is 0 Å². The lowest BCUT2D eigenvalue weighted by molar-refractivity contribution is 0.549. The molecule has 0 heterocycles. The normalized spacial score (nSPS) is 17.2. The molecule has 1 N–H and O–H groups in total. The monoisotopic (exact) mass is 305 g/mol. The Morgan fingerprint density at radius 2 is 1.80 bits per heavy atom. The molecule has 0 amide bonds. The molecule has 1 nitrogen and oxygen atoms in total. The van der Waals surface area contributed by atoms with E-state index in [1.807, 2.05) is 12.1 Å². The first-order chi connectivity index (χ1) is 9.67. The van der Waals surface area contributed by atoms with E-state index in [9.17, 15) is 0 Å². The van der Waals surface area contributed by atoms with Crippen molar-refractivity contribution < 1.29 is 0 Å². The van der Waals surface area contributed by atoms with Gasteiger partial charge in [-0.05, 0) is 59.8 Å². The van der Waals surface area contributed by atoms with E-state index in [0.717, 1.165) is 18.5 Å². The average molecular weight is 306 g/mol. The summed E-state index contributed by atoms with van der Waals surface area (Å²) in [5.41, 5.74) is 5.13. The summed E-state index contributed by atoms with van der Waals surface area (Å²) >= 11 is 12.2. The molecule has 104 valence electrons. The van der Waals surface area contributed by atoms with E-state index in [-0.39, 0.29) is 0 Å². The van der Waals surface area contributed by atoms with Gasteiger partial charge in [-0.1, -0.05) is 48.3 Å². The number of halogens is 2. The van der Waals surface area contributed by atoms with Gasteiger partial charge >= 0.3 is 0 Å². The average Bonchev–Trinajstić information content (AvgIpc) is 2.81. The highest BCUT2D eigenvalue weighted by Gasteiger charge is 2.21. The van der Waals surface area contributed by atoms with E-state index < -0.39 is 0 Å². The van der Waals surface area contributed by atoms with Crippen LogP contribution in [0.3, 0.4) is 0 Å². The minimum atomic E-state index is 0.506. The molecule has 1 unspecified atom stereocenters. The third kappa shape index (κ3) is 2.71. The van der Waals surface area contributed by atoms with E-state index >= 15 is 0 Å². The Morgan fingerprint density at radius 1 is 1.05 bits per heavy atom. The van der Waals surface area contributed by atoms with E-state index in [4.69, 9.17) is 23.2 Å². The van der Waals surface area contributed by atoms with Crippen molar-refractivity contribution in [1.29, 1.82) is 0 Å². The van der Waals surface area contributed by atoms with Crippen LogP contribution < -0.4 is 5.32 Å². The summed E-state index contributed by atoms with van der Waals surface area (Å²) in [5, 5.41) is 4.89. The van der Waals surface area contributed by atoms with Crippen molar-refractivity contribution >= 4 is 23.2 Å². The van der Waals surface area contributed by atoms with Crippen LogP contribution in [0.25, 0.3) is 11.1 Å². The molecular weight excluding hydrogens is 289 g/mol. The molecule has 3 heteroatoms. The summed E-state index contributed by atoms with van der Waals surface area (Å²) in [4.78, 5) is 0. The van der Waals surface area contributed by atoms with Crippen LogP contribution in [-0.4, -0.2) is 6.54 Å². The molecule has 0 spiro atoms. The van der Waals surface area contributed by atoms with Crippen LogP contribution in [0.4, 0.5) is 0 Å². The number of hydrogen-bond donors (Lipinski definition) is 1. The van der Waals surface area contributed by atoms with Gasteiger partial charge in [0.15, 0.2) is 0 Å². The molecule has 1 aliphatic rings. The molecule has 2 aromatic carbocycles. The van der Waals surface area contributed by atoms with Crippen molar-refractivity contribution in [3.05, 3.63) is 57.6 Å². The standard InChI is InChI=1S/C17H17Cl2N/c1-2-20-17-6-4-12-7-11(3-5-16(12)17)13-8-14(18)10-15(19)9-13/h3,5,7-10,17,20H,2,4,6H2,1H3. The second-order valence-electron chi connectivity index (χ2n) is 5.22. The third-order valence-corrected chi connectivity index (χ3v) is 4.30. The fraction of sp³-hybridized carbons (Fsp3) is 0.294. The van der Waals surface area contributed by atoms with Gasteiger partial charge in [0.05, 0.1) is 0 Å². The van der Waals surface area contributed by atoms with Crippen LogP contribution in [0.5, 0.6) is 0 Å². The molecule has 0 saturated heterocycles. The van der Waals surface area contributed by atoms with Gasteiger partial charge in [-0.3, -0.25) is 0 Å². The maximum absolute atomic E-state index is 6.09. The van der Waals surface area contributed by atoms with Crippen molar-refractivity contribution in [2.45, 2.75) is 25.8 Å². The Bertz CT molecular complexity index is 617. The number of fused-ring (bicyclic) bond motifs is 1. The van der Waals surface area contributed by atoms with Crippen LogP contribution >= 0.6 is 23.2 Å². The number of rotatable bonds is 3. The van der Waals surface area contributed by atoms with E-state index in [1.165, 1.54) is 23.1 Å². The molecule has 0 saturated carbocycles. The van der Waals surface area contributed by atoms with Gasteiger partial charge in [0.25, 0.3) is 0 Å². The van der Waals surface area contributed by atoms with Crippen LogP contribution in [-0.2, 0) is 6.42 Å². The van der Waals surface area contributed by atoms with Gasteiger partial charge in [-0.15, -0.1) is 0 Å². The predicted octanol–water partition coefficient (Wildman–Crippen LogP) is 5.26. The molecule has 0 fully saturated rings. The summed E-state index contributed by atoms with van der Waals surface area (Å²) in [6, 6.07) is 12.9. The third-order valence-electron chi connectivity index (χ3n) is 3.87. The highest BCUT2D eigenvalue weighted by Crippen LogP contribution is 2.35. The Labute approximate surface area is 129 Å². The van der Waals surface area contributed by atoms with Gasteiger partial charge < -0.3 is 5.32 Å². The van der Waals surface area contributed by atoms with E-state index in [1.54, 1.807) is 6.07 Å². The second-order valence-corrected chi connectivity index (χ2v) is 6.09. The summed E-state index contributed by atoms with van der Waals surface area (Å²) in [7, 11) is 0. The number of benzene rings is 2. The Morgan fingerprint density at radius 3 is 2.50 bits per heavy atom. The van der Waals surface area contributed by atoms with Gasteiger partial charge in [-0.2, -0.15) is 0 Å². The molecule has 2 aromatic rings. The topological polar surface area (TPSA) is 12.0 Å². The van der Waals surface area contributed by atoms with Crippen LogP contribution in [0.1, 0.15) is 30.5 Å². The maximum Gasteiger partial charge on any atom is 0.0426 e. The van der Waals surface area contributed by atoms with Gasteiger partial charge in [0.2, 0.25) is 0 Å². The zero-order chi connectivity index (χ0) is 14.1. The second kappa shape index (κ2) is 5.77. The maximum atomic E-state index is 6.09. The molecule has 0 radical (unpaired) electrons. The lowest BCUT2D eigenvalue weighted by atomic mass is 10.00. The highest BCUT2D eigenvalue weighted by atomic mass is 35.5. The van der Waals surface area contributed by atoms with Crippen molar-refractivity contribution in [3.63, 3.8) is 0 Å². The number of aryl methyl sites for hydroxylation is 1. The molecule has 1 aliphatic carbocycles. The van der Waals surface area contributed by atoms with Gasteiger partial charge in [-0.25, -0.2) is 0 Å². The molecule has 0 aromatic heterocycles. The fourth-order valence-electron chi connectivity index (χ4n) is 2.98.